The quantitative estimate of drug-likeness (QED) is 0.503. The first-order chi connectivity index (χ1) is 16.9. The Morgan fingerprint density at radius 3 is 2.63 bits per heavy atom. The van der Waals surface area contributed by atoms with E-state index in [1.54, 1.807) is 28.8 Å². The number of aryl methyl sites for hydroxylation is 1. The summed E-state index contributed by atoms with van der Waals surface area (Å²) in [7, 11) is -3.68. The van der Waals surface area contributed by atoms with Crippen molar-refractivity contribution < 1.29 is 22.7 Å². The molecule has 0 radical (unpaired) electrons. The Bertz CT molecular complexity index is 1500. The van der Waals surface area contributed by atoms with Crippen LogP contribution in [0.2, 0.25) is 0 Å². The van der Waals surface area contributed by atoms with Crippen molar-refractivity contribution in [3.8, 4) is 23.8 Å². The summed E-state index contributed by atoms with van der Waals surface area (Å²) in [4.78, 5) is 18.3. The van der Waals surface area contributed by atoms with Crippen molar-refractivity contribution in [3.63, 3.8) is 0 Å². The van der Waals surface area contributed by atoms with E-state index in [1.807, 2.05) is 19.1 Å². The second-order valence-corrected chi connectivity index (χ2v) is 11.6. The highest BCUT2D eigenvalue weighted by Crippen LogP contribution is 2.35. The van der Waals surface area contributed by atoms with Gasteiger partial charge < -0.3 is 14.0 Å². The van der Waals surface area contributed by atoms with Gasteiger partial charge in [0.25, 0.3) is 5.91 Å². The lowest BCUT2D eigenvalue weighted by atomic mass is 9.99. The van der Waals surface area contributed by atoms with Crippen molar-refractivity contribution in [1.29, 1.82) is 0 Å². The van der Waals surface area contributed by atoms with Crippen molar-refractivity contribution in [2.75, 3.05) is 26.3 Å². The topological polar surface area (TPSA) is 90.2 Å². The fourth-order valence-corrected chi connectivity index (χ4v) is 6.91. The van der Waals surface area contributed by atoms with Gasteiger partial charge in [0, 0.05) is 25.2 Å². The highest BCUT2D eigenvalue weighted by molar-refractivity contribution is 7.89. The van der Waals surface area contributed by atoms with Crippen molar-refractivity contribution in [2.45, 2.75) is 31.2 Å². The molecule has 8 nitrogen and oxygen atoms in total. The van der Waals surface area contributed by atoms with E-state index in [9.17, 15) is 13.2 Å². The molecule has 1 aromatic heterocycles. The van der Waals surface area contributed by atoms with Gasteiger partial charge in [0.1, 0.15) is 13.2 Å². The second kappa shape index (κ2) is 9.49. The molecule has 3 aromatic rings. The molecule has 10 heteroatoms. The van der Waals surface area contributed by atoms with Gasteiger partial charge in [0.05, 0.1) is 27.6 Å². The number of hydrogen-bond donors (Lipinski definition) is 0. The van der Waals surface area contributed by atoms with Crippen LogP contribution in [0.25, 0.3) is 10.2 Å². The van der Waals surface area contributed by atoms with E-state index < -0.39 is 15.9 Å². The third-order valence-electron chi connectivity index (χ3n) is 6.19. The van der Waals surface area contributed by atoms with E-state index >= 15 is 0 Å². The minimum absolute atomic E-state index is 0.106. The zero-order valence-electron chi connectivity index (χ0n) is 19.3. The molecule has 1 unspecified atom stereocenters. The predicted octanol–water partition coefficient (Wildman–Crippen LogP) is 2.94. The molecule has 35 heavy (non-hydrogen) atoms. The number of aromatic nitrogens is 1. The van der Waals surface area contributed by atoms with Crippen molar-refractivity contribution in [3.05, 3.63) is 46.8 Å². The smallest absolute Gasteiger partial charge is 0.252 e. The maximum absolute atomic E-state index is 13.2. The second-order valence-electron chi connectivity index (χ2n) is 8.60. The Hall–Kier alpha value is -3.13. The molecule has 2 aliphatic rings. The van der Waals surface area contributed by atoms with Gasteiger partial charge in [-0.1, -0.05) is 35.0 Å². The summed E-state index contributed by atoms with van der Waals surface area (Å²) in [6.45, 7) is 3.58. The number of carbonyl (C=O) groups excluding carboxylic acids is 1. The number of terminal acetylenes is 1. The number of amides is 1. The number of fused-ring (bicyclic) bond motifs is 2. The number of carbonyl (C=O) groups is 1. The minimum atomic E-state index is -3.68. The molecule has 0 saturated carbocycles. The highest BCUT2D eigenvalue weighted by Gasteiger charge is 2.33. The zero-order valence-corrected chi connectivity index (χ0v) is 20.9. The Kier molecular flexibility index (Phi) is 6.40. The summed E-state index contributed by atoms with van der Waals surface area (Å²) in [5, 5.41) is 0. The van der Waals surface area contributed by atoms with Gasteiger partial charge in [-0.15, -0.1) is 6.42 Å². The van der Waals surface area contributed by atoms with Gasteiger partial charge in [-0.25, -0.2) is 8.42 Å². The first-order valence-corrected chi connectivity index (χ1v) is 13.6. The molecule has 1 atom stereocenters. The zero-order chi connectivity index (χ0) is 24.6. The summed E-state index contributed by atoms with van der Waals surface area (Å²) >= 11 is 1.35. The average Bonchev–Trinajstić information content (AvgIpc) is 3.18. The van der Waals surface area contributed by atoms with Crippen LogP contribution >= 0.6 is 11.3 Å². The minimum Gasteiger partial charge on any atom is -0.486 e. The number of sulfonamides is 1. The van der Waals surface area contributed by atoms with Gasteiger partial charge in [0.2, 0.25) is 10.0 Å². The fraction of sp³-hybridized carbons (Fsp3) is 0.360. The highest BCUT2D eigenvalue weighted by atomic mass is 32.2. The SMILES string of the molecule is C#CCn1c(=NC(=O)C2CCCN(S(=O)(=O)c3ccc(C)cc3)C2)sc2cc3c(cc21)OCCO3. The van der Waals surface area contributed by atoms with E-state index in [-0.39, 0.29) is 23.9 Å². The molecule has 1 saturated heterocycles. The third-order valence-corrected chi connectivity index (χ3v) is 9.11. The van der Waals surface area contributed by atoms with Crippen molar-refractivity contribution >= 4 is 37.5 Å². The third kappa shape index (κ3) is 4.59. The first kappa shape index (κ1) is 23.6. The van der Waals surface area contributed by atoms with E-state index in [4.69, 9.17) is 15.9 Å². The largest absolute Gasteiger partial charge is 0.486 e. The van der Waals surface area contributed by atoms with Crippen LogP contribution < -0.4 is 14.3 Å². The molecule has 0 bridgehead atoms. The van der Waals surface area contributed by atoms with Crippen LogP contribution in [0.15, 0.2) is 46.3 Å². The van der Waals surface area contributed by atoms with Gasteiger partial charge >= 0.3 is 0 Å². The summed E-state index contributed by atoms with van der Waals surface area (Å²) in [5.74, 6) is 3.05. The van der Waals surface area contributed by atoms with Crippen LogP contribution in [0.5, 0.6) is 11.5 Å². The van der Waals surface area contributed by atoms with Crippen molar-refractivity contribution in [2.24, 2.45) is 10.9 Å². The summed E-state index contributed by atoms with van der Waals surface area (Å²) in [6, 6.07) is 10.5. The number of benzene rings is 2. The molecule has 0 spiro atoms. The molecule has 0 N–H and O–H groups in total. The summed E-state index contributed by atoms with van der Waals surface area (Å²) < 4.78 is 41.7. The lowest BCUT2D eigenvalue weighted by Gasteiger charge is -2.30. The molecular weight excluding hydrogens is 486 g/mol. The molecule has 1 amide bonds. The van der Waals surface area contributed by atoms with Crippen LogP contribution in [-0.4, -0.2) is 49.5 Å². The predicted molar refractivity (Wildman–Crippen MR) is 133 cm³/mol. The Morgan fingerprint density at radius 1 is 1.20 bits per heavy atom. The fourth-order valence-electron chi connectivity index (χ4n) is 4.34. The van der Waals surface area contributed by atoms with Crippen LogP contribution in [0.4, 0.5) is 0 Å². The number of thiazole rings is 1. The van der Waals surface area contributed by atoms with Gasteiger partial charge in [0.15, 0.2) is 16.3 Å². The Labute approximate surface area is 207 Å². The molecule has 2 aliphatic heterocycles. The van der Waals surface area contributed by atoms with E-state index in [1.165, 1.54) is 15.6 Å². The molecule has 2 aromatic carbocycles. The lowest BCUT2D eigenvalue weighted by Crippen LogP contribution is -2.42. The van der Waals surface area contributed by atoms with E-state index in [0.717, 1.165) is 15.8 Å². The maximum atomic E-state index is 13.2. The van der Waals surface area contributed by atoms with Crippen LogP contribution in [-0.2, 0) is 21.4 Å². The van der Waals surface area contributed by atoms with Crippen LogP contribution in [0.1, 0.15) is 18.4 Å². The number of hydrogen-bond acceptors (Lipinski definition) is 6. The van der Waals surface area contributed by atoms with Crippen LogP contribution in [0, 0.1) is 25.2 Å². The molecule has 3 heterocycles. The maximum Gasteiger partial charge on any atom is 0.252 e. The summed E-state index contributed by atoms with van der Waals surface area (Å²) in [6.07, 6.45) is 6.77. The number of nitrogens with zero attached hydrogens (tertiary/aromatic N) is 3. The average molecular weight is 512 g/mol. The molecule has 182 valence electrons. The van der Waals surface area contributed by atoms with E-state index in [0.29, 0.717) is 48.9 Å². The Morgan fingerprint density at radius 2 is 1.91 bits per heavy atom. The van der Waals surface area contributed by atoms with Gasteiger partial charge in [-0.05, 0) is 31.9 Å². The van der Waals surface area contributed by atoms with E-state index in [2.05, 4.69) is 10.9 Å². The molecule has 1 fully saturated rings. The monoisotopic (exact) mass is 511 g/mol. The Balaban J connectivity index is 1.45. The molecular formula is C25H25N3O5S2. The van der Waals surface area contributed by atoms with Gasteiger partial charge in [-0.3, -0.25) is 4.79 Å². The number of piperidine rings is 1. The normalized spacial score (nSPS) is 19.0. The lowest BCUT2D eigenvalue weighted by molar-refractivity contribution is -0.122. The standard InChI is InChI=1S/C25H25N3O5S2/c1-3-10-28-20-14-21-22(33-13-12-32-21)15-23(20)34-25(28)26-24(29)18-5-4-11-27(16-18)35(30,31)19-8-6-17(2)7-9-19/h1,6-9,14-15,18H,4-5,10-13,16H2,2H3. The number of ether oxygens (including phenoxy) is 2. The van der Waals surface area contributed by atoms with Crippen molar-refractivity contribution in [1.82, 2.24) is 8.87 Å². The number of rotatable bonds is 4. The van der Waals surface area contributed by atoms with Crippen LogP contribution in [0.3, 0.4) is 0 Å². The molecule has 0 aliphatic carbocycles. The summed E-state index contributed by atoms with van der Waals surface area (Å²) in [5.41, 5.74) is 1.80. The van der Waals surface area contributed by atoms with Gasteiger partial charge in [-0.2, -0.15) is 9.30 Å². The molecule has 5 rings (SSSR count). The first-order valence-electron chi connectivity index (χ1n) is 11.4.